The number of halogens is 1. The molecule has 136 valence electrons. The average Bonchev–Trinajstić information content (AvgIpc) is 3.07. The van der Waals surface area contributed by atoms with Crippen LogP contribution in [0.2, 0.25) is 0 Å². The number of carbonyl (C=O) groups is 2. The number of fused-ring (bicyclic) bond motifs is 3. The van der Waals surface area contributed by atoms with Crippen LogP contribution in [-0.2, 0) is 16.0 Å². The van der Waals surface area contributed by atoms with Crippen molar-refractivity contribution in [3.8, 4) is 0 Å². The molecule has 2 unspecified atom stereocenters. The fraction of sp³-hybridized carbons (Fsp3) is 0.190. The Balaban J connectivity index is 1.78. The minimum atomic E-state index is -1.20. The van der Waals surface area contributed by atoms with E-state index in [0.717, 1.165) is 41.8 Å². The number of benzene rings is 2. The van der Waals surface area contributed by atoms with Gasteiger partial charge in [-0.1, -0.05) is 36.4 Å². The summed E-state index contributed by atoms with van der Waals surface area (Å²) in [5, 5.41) is 14.7. The molecule has 2 aliphatic rings. The highest BCUT2D eigenvalue weighted by Crippen LogP contribution is 2.43. The second-order valence-electron chi connectivity index (χ2n) is 6.64. The quantitative estimate of drug-likeness (QED) is 0.850. The summed E-state index contributed by atoms with van der Waals surface area (Å²) in [6, 6.07) is 13.6. The minimum Gasteiger partial charge on any atom is -0.478 e. The number of hydrogen-bond acceptors (Lipinski definition) is 3. The molecule has 2 aromatic carbocycles. The predicted octanol–water partition coefficient (Wildman–Crippen LogP) is 3.32. The number of hydrogen-bond donors (Lipinski definition) is 1. The van der Waals surface area contributed by atoms with Crippen LogP contribution < -0.4 is 0 Å². The molecule has 0 bridgehead atoms. The SMILES string of the molecule is O=C(O)/C=C\C(=O)N1N=C2c3ccccc3CCC2C1c1ccc(F)cc1. The van der Waals surface area contributed by atoms with Crippen LogP contribution in [0.1, 0.15) is 29.2 Å². The summed E-state index contributed by atoms with van der Waals surface area (Å²) in [5.74, 6) is -2.08. The Labute approximate surface area is 155 Å². The van der Waals surface area contributed by atoms with Gasteiger partial charge in [0, 0.05) is 23.6 Å². The van der Waals surface area contributed by atoms with E-state index in [-0.39, 0.29) is 17.8 Å². The molecule has 0 aromatic heterocycles. The minimum absolute atomic E-state index is 0.0208. The van der Waals surface area contributed by atoms with Crippen LogP contribution in [0.25, 0.3) is 0 Å². The molecule has 4 rings (SSSR count). The lowest BCUT2D eigenvalue weighted by molar-refractivity contribution is -0.132. The zero-order chi connectivity index (χ0) is 19.0. The van der Waals surface area contributed by atoms with E-state index in [2.05, 4.69) is 11.2 Å². The Hall–Kier alpha value is -3.28. The fourth-order valence-corrected chi connectivity index (χ4v) is 3.86. The summed E-state index contributed by atoms with van der Waals surface area (Å²) >= 11 is 0. The molecule has 6 heteroatoms. The second kappa shape index (κ2) is 6.79. The molecule has 1 heterocycles. The van der Waals surface area contributed by atoms with Crippen molar-refractivity contribution in [1.29, 1.82) is 0 Å². The highest BCUT2D eigenvalue weighted by molar-refractivity contribution is 6.07. The maximum atomic E-state index is 13.4. The van der Waals surface area contributed by atoms with Crippen LogP contribution in [0.3, 0.4) is 0 Å². The number of carboxylic acid groups (broad SMARTS) is 1. The maximum Gasteiger partial charge on any atom is 0.328 e. The molecule has 5 nitrogen and oxygen atoms in total. The van der Waals surface area contributed by atoms with E-state index in [4.69, 9.17) is 5.11 Å². The second-order valence-corrected chi connectivity index (χ2v) is 6.64. The highest BCUT2D eigenvalue weighted by atomic mass is 19.1. The summed E-state index contributed by atoms with van der Waals surface area (Å²) in [5.41, 5.74) is 3.79. The van der Waals surface area contributed by atoms with Gasteiger partial charge in [0.25, 0.3) is 5.91 Å². The first-order valence-electron chi connectivity index (χ1n) is 8.71. The molecule has 27 heavy (non-hydrogen) atoms. The number of carbonyl (C=O) groups excluding carboxylic acids is 1. The van der Waals surface area contributed by atoms with E-state index < -0.39 is 11.9 Å². The summed E-state index contributed by atoms with van der Waals surface area (Å²) in [6.45, 7) is 0. The van der Waals surface area contributed by atoms with E-state index in [0.29, 0.717) is 0 Å². The van der Waals surface area contributed by atoms with Gasteiger partial charge in [0.1, 0.15) is 5.82 Å². The summed E-state index contributed by atoms with van der Waals surface area (Å²) in [4.78, 5) is 23.4. The van der Waals surface area contributed by atoms with E-state index in [1.54, 1.807) is 12.1 Å². The molecule has 1 aliphatic carbocycles. The molecular weight excluding hydrogens is 347 g/mol. The number of rotatable bonds is 3. The van der Waals surface area contributed by atoms with Crippen LogP contribution in [0.5, 0.6) is 0 Å². The Kier molecular flexibility index (Phi) is 4.32. The van der Waals surface area contributed by atoms with Crippen molar-refractivity contribution in [2.75, 3.05) is 0 Å². The molecule has 0 fully saturated rings. The summed E-state index contributed by atoms with van der Waals surface area (Å²) in [7, 11) is 0. The number of aliphatic carboxylic acids is 1. The number of nitrogens with zero attached hydrogens (tertiary/aromatic N) is 2. The first-order chi connectivity index (χ1) is 13.0. The Morgan fingerprint density at radius 3 is 2.59 bits per heavy atom. The molecule has 0 saturated heterocycles. The van der Waals surface area contributed by atoms with Crippen LogP contribution in [0.4, 0.5) is 4.39 Å². The van der Waals surface area contributed by atoms with Gasteiger partial charge in [-0.2, -0.15) is 5.10 Å². The monoisotopic (exact) mass is 364 g/mol. The van der Waals surface area contributed by atoms with Crippen LogP contribution in [0.15, 0.2) is 65.8 Å². The first kappa shape index (κ1) is 17.1. The zero-order valence-electron chi connectivity index (χ0n) is 14.4. The standard InChI is InChI=1S/C21H17FN2O3/c22-15-8-5-14(6-9-15)21-17-10-7-13-3-1-2-4-16(13)20(17)23-24(21)18(25)11-12-19(26)27/h1-6,8-9,11-12,17,21H,7,10H2,(H,26,27)/b12-11-. The lowest BCUT2D eigenvalue weighted by atomic mass is 9.77. The van der Waals surface area contributed by atoms with Crippen molar-refractivity contribution >= 4 is 17.6 Å². The van der Waals surface area contributed by atoms with Gasteiger partial charge in [-0.3, -0.25) is 4.79 Å². The summed E-state index contributed by atoms with van der Waals surface area (Å²) in [6.07, 6.45) is 3.49. The molecule has 0 radical (unpaired) electrons. The maximum absolute atomic E-state index is 13.4. The first-order valence-corrected chi connectivity index (χ1v) is 8.71. The number of hydrazone groups is 1. The highest BCUT2D eigenvalue weighted by Gasteiger charge is 2.43. The molecule has 1 amide bonds. The van der Waals surface area contributed by atoms with Crippen molar-refractivity contribution in [2.45, 2.75) is 18.9 Å². The smallest absolute Gasteiger partial charge is 0.328 e. The van der Waals surface area contributed by atoms with Gasteiger partial charge in [-0.25, -0.2) is 14.2 Å². The van der Waals surface area contributed by atoms with Gasteiger partial charge >= 0.3 is 5.97 Å². The number of carboxylic acids is 1. The van der Waals surface area contributed by atoms with Crippen molar-refractivity contribution in [3.63, 3.8) is 0 Å². The Morgan fingerprint density at radius 1 is 1.11 bits per heavy atom. The molecule has 2 atom stereocenters. The zero-order valence-corrected chi connectivity index (χ0v) is 14.4. The van der Waals surface area contributed by atoms with Gasteiger partial charge < -0.3 is 5.11 Å². The van der Waals surface area contributed by atoms with Gasteiger partial charge in [0.2, 0.25) is 0 Å². The van der Waals surface area contributed by atoms with Gasteiger partial charge in [-0.05, 0) is 36.1 Å². The van der Waals surface area contributed by atoms with Crippen molar-refractivity contribution in [2.24, 2.45) is 11.0 Å². The molecule has 0 saturated carbocycles. The van der Waals surface area contributed by atoms with Gasteiger partial charge in [0.15, 0.2) is 0 Å². The van der Waals surface area contributed by atoms with Crippen LogP contribution in [-0.4, -0.2) is 27.7 Å². The Morgan fingerprint density at radius 2 is 1.85 bits per heavy atom. The van der Waals surface area contributed by atoms with Crippen molar-refractivity contribution in [1.82, 2.24) is 5.01 Å². The molecule has 1 aliphatic heterocycles. The topological polar surface area (TPSA) is 70.0 Å². The van der Waals surface area contributed by atoms with Gasteiger partial charge in [0.05, 0.1) is 11.8 Å². The number of aryl methyl sites for hydroxylation is 1. The molecular formula is C21H17FN2O3. The summed E-state index contributed by atoms with van der Waals surface area (Å²) < 4.78 is 13.4. The molecule has 0 spiro atoms. The molecule has 1 N–H and O–H groups in total. The Bertz CT molecular complexity index is 966. The third-order valence-electron chi connectivity index (χ3n) is 5.04. The van der Waals surface area contributed by atoms with E-state index >= 15 is 0 Å². The van der Waals surface area contributed by atoms with Crippen molar-refractivity contribution in [3.05, 3.63) is 83.2 Å². The predicted molar refractivity (Wildman–Crippen MR) is 97.6 cm³/mol. The lowest BCUT2D eigenvalue weighted by Gasteiger charge is -2.29. The number of amides is 1. The van der Waals surface area contributed by atoms with E-state index in [1.165, 1.54) is 22.7 Å². The average molecular weight is 364 g/mol. The van der Waals surface area contributed by atoms with E-state index in [9.17, 15) is 14.0 Å². The normalized spacial score (nSPS) is 20.9. The molecule has 2 aromatic rings. The largest absolute Gasteiger partial charge is 0.478 e. The van der Waals surface area contributed by atoms with Crippen LogP contribution in [0, 0.1) is 11.7 Å². The van der Waals surface area contributed by atoms with Crippen molar-refractivity contribution < 1.29 is 19.1 Å². The fourth-order valence-electron chi connectivity index (χ4n) is 3.86. The van der Waals surface area contributed by atoms with E-state index in [1.807, 2.05) is 18.2 Å². The van der Waals surface area contributed by atoms with Crippen LogP contribution >= 0.6 is 0 Å². The third kappa shape index (κ3) is 3.14. The van der Waals surface area contributed by atoms with Gasteiger partial charge in [-0.15, -0.1) is 0 Å². The lowest BCUT2D eigenvalue weighted by Crippen LogP contribution is -2.31. The third-order valence-corrected chi connectivity index (χ3v) is 5.04.